The number of amides is 1. The first-order valence-corrected chi connectivity index (χ1v) is 6.26. The van der Waals surface area contributed by atoms with Gasteiger partial charge in [0.05, 0.1) is 17.7 Å². The maximum atomic E-state index is 12.1. The summed E-state index contributed by atoms with van der Waals surface area (Å²) in [6.45, 7) is 0. The second kappa shape index (κ2) is 5.95. The Balaban J connectivity index is 2.20. The van der Waals surface area contributed by atoms with Gasteiger partial charge in [0.15, 0.2) is 0 Å². The van der Waals surface area contributed by atoms with Gasteiger partial charge in [0.1, 0.15) is 5.75 Å². The van der Waals surface area contributed by atoms with Gasteiger partial charge in [-0.3, -0.25) is 4.79 Å². The second-order valence-corrected chi connectivity index (χ2v) is 4.65. The molecule has 19 heavy (non-hydrogen) atoms. The zero-order valence-electron chi connectivity index (χ0n) is 10.1. The summed E-state index contributed by atoms with van der Waals surface area (Å²) in [5.41, 5.74) is 1.00. The zero-order chi connectivity index (χ0) is 13.8. The van der Waals surface area contributed by atoms with Crippen molar-refractivity contribution >= 4 is 34.8 Å². The Morgan fingerprint density at radius 3 is 2.63 bits per heavy atom. The van der Waals surface area contributed by atoms with E-state index in [1.807, 2.05) is 0 Å². The van der Waals surface area contributed by atoms with Gasteiger partial charge in [-0.2, -0.15) is 0 Å². The van der Waals surface area contributed by atoms with Crippen molar-refractivity contribution in [3.63, 3.8) is 0 Å². The summed E-state index contributed by atoms with van der Waals surface area (Å²) in [4.78, 5) is 12.1. The summed E-state index contributed by atoms with van der Waals surface area (Å²) in [7, 11) is 1.57. The average molecular weight is 296 g/mol. The van der Waals surface area contributed by atoms with Gasteiger partial charge in [-0.05, 0) is 30.3 Å². The van der Waals surface area contributed by atoms with Crippen LogP contribution in [-0.2, 0) is 0 Å². The first kappa shape index (κ1) is 13.7. The van der Waals surface area contributed by atoms with Crippen molar-refractivity contribution < 1.29 is 9.53 Å². The molecule has 3 nitrogen and oxygen atoms in total. The molecule has 0 radical (unpaired) electrons. The molecule has 0 saturated heterocycles. The predicted molar refractivity (Wildman–Crippen MR) is 77.4 cm³/mol. The molecule has 98 valence electrons. The van der Waals surface area contributed by atoms with Crippen LogP contribution >= 0.6 is 23.2 Å². The van der Waals surface area contributed by atoms with Crippen molar-refractivity contribution in [1.29, 1.82) is 0 Å². The molecule has 1 N–H and O–H groups in total. The fourth-order valence-corrected chi connectivity index (χ4v) is 2.07. The number of hydrogen-bond donors (Lipinski definition) is 1. The summed E-state index contributed by atoms with van der Waals surface area (Å²) < 4.78 is 5.09. The van der Waals surface area contributed by atoms with Crippen molar-refractivity contribution in [3.8, 4) is 5.75 Å². The molecule has 5 heteroatoms. The van der Waals surface area contributed by atoms with Crippen LogP contribution in [0.25, 0.3) is 0 Å². The maximum Gasteiger partial charge on any atom is 0.257 e. The summed E-state index contributed by atoms with van der Waals surface area (Å²) >= 11 is 11.8. The molecule has 0 heterocycles. The van der Waals surface area contributed by atoms with Crippen LogP contribution in [-0.4, -0.2) is 13.0 Å². The third-order valence-electron chi connectivity index (χ3n) is 2.50. The SMILES string of the molecule is COc1cccc(NC(=O)c2ccc(Cl)cc2Cl)c1. The largest absolute Gasteiger partial charge is 0.497 e. The smallest absolute Gasteiger partial charge is 0.257 e. The number of ether oxygens (including phenoxy) is 1. The fourth-order valence-electron chi connectivity index (χ4n) is 1.57. The first-order chi connectivity index (χ1) is 9.10. The lowest BCUT2D eigenvalue weighted by molar-refractivity contribution is 0.102. The number of halogens is 2. The summed E-state index contributed by atoms with van der Waals surface area (Å²) in [5.74, 6) is 0.370. The van der Waals surface area contributed by atoms with E-state index in [9.17, 15) is 4.79 Å². The minimum atomic E-state index is -0.296. The molecular weight excluding hydrogens is 285 g/mol. The molecular formula is C14H11Cl2NO2. The number of nitrogens with one attached hydrogen (secondary N) is 1. The van der Waals surface area contributed by atoms with Crippen LogP contribution in [0.15, 0.2) is 42.5 Å². The van der Waals surface area contributed by atoms with Gasteiger partial charge in [0.2, 0.25) is 0 Å². The minimum absolute atomic E-state index is 0.296. The van der Waals surface area contributed by atoms with Crippen molar-refractivity contribution in [1.82, 2.24) is 0 Å². The van der Waals surface area contributed by atoms with E-state index in [1.54, 1.807) is 43.5 Å². The van der Waals surface area contributed by atoms with Crippen molar-refractivity contribution in [2.75, 3.05) is 12.4 Å². The van der Waals surface area contributed by atoms with Crippen LogP contribution in [0.4, 0.5) is 5.69 Å². The van der Waals surface area contributed by atoms with Crippen molar-refractivity contribution in [3.05, 3.63) is 58.1 Å². The number of methoxy groups -OCH3 is 1. The molecule has 0 aliphatic carbocycles. The average Bonchev–Trinajstić information content (AvgIpc) is 2.38. The number of carbonyl (C=O) groups is 1. The molecule has 0 aliphatic heterocycles. The normalized spacial score (nSPS) is 10.1. The highest BCUT2D eigenvalue weighted by atomic mass is 35.5. The van der Waals surface area contributed by atoms with Gasteiger partial charge in [0.25, 0.3) is 5.91 Å². The summed E-state index contributed by atoms with van der Waals surface area (Å²) in [6, 6.07) is 11.8. The quantitative estimate of drug-likeness (QED) is 0.919. The van der Waals surface area contributed by atoms with E-state index >= 15 is 0 Å². The van der Waals surface area contributed by atoms with Crippen LogP contribution in [0.5, 0.6) is 5.75 Å². The Bertz CT molecular complexity index is 614. The van der Waals surface area contributed by atoms with Gasteiger partial charge < -0.3 is 10.1 Å². The molecule has 0 bridgehead atoms. The van der Waals surface area contributed by atoms with Gasteiger partial charge in [-0.15, -0.1) is 0 Å². The van der Waals surface area contributed by atoms with Crippen molar-refractivity contribution in [2.24, 2.45) is 0 Å². The van der Waals surface area contributed by atoms with Crippen LogP contribution in [0.1, 0.15) is 10.4 Å². The van der Waals surface area contributed by atoms with E-state index in [-0.39, 0.29) is 5.91 Å². The number of anilines is 1. The Morgan fingerprint density at radius 1 is 1.16 bits per heavy atom. The molecule has 0 saturated carbocycles. The lowest BCUT2D eigenvalue weighted by atomic mass is 10.2. The highest BCUT2D eigenvalue weighted by Crippen LogP contribution is 2.23. The van der Waals surface area contributed by atoms with Crippen molar-refractivity contribution in [2.45, 2.75) is 0 Å². The molecule has 0 aromatic heterocycles. The minimum Gasteiger partial charge on any atom is -0.497 e. The Kier molecular flexibility index (Phi) is 4.30. The van der Waals surface area contributed by atoms with E-state index in [0.717, 1.165) is 0 Å². The maximum absolute atomic E-state index is 12.1. The number of benzene rings is 2. The Hall–Kier alpha value is -1.71. The second-order valence-electron chi connectivity index (χ2n) is 3.81. The van der Waals surface area contributed by atoms with E-state index in [4.69, 9.17) is 27.9 Å². The van der Waals surface area contributed by atoms with Crippen LogP contribution < -0.4 is 10.1 Å². The monoisotopic (exact) mass is 295 g/mol. The molecule has 0 atom stereocenters. The molecule has 2 aromatic rings. The van der Waals surface area contributed by atoms with E-state index in [1.165, 1.54) is 6.07 Å². The molecule has 0 fully saturated rings. The number of carbonyl (C=O) groups excluding carboxylic acids is 1. The highest BCUT2D eigenvalue weighted by Gasteiger charge is 2.11. The third-order valence-corrected chi connectivity index (χ3v) is 3.05. The number of rotatable bonds is 3. The highest BCUT2D eigenvalue weighted by molar-refractivity contribution is 6.37. The fraction of sp³-hybridized carbons (Fsp3) is 0.0714. The van der Waals surface area contributed by atoms with Crippen LogP contribution in [0, 0.1) is 0 Å². The Labute approximate surface area is 121 Å². The summed E-state index contributed by atoms with van der Waals surface area (Å²) in [5, 5.41) is 3.55. The van der Waals surface area contributed by atoms with Crippen LogP contribution in [0.3, 0.4) is 0 Å². The van der Waals surface area contributed by atoms with Gasteiger partial charge in [-0.1, -0.05) is 29.3 Å². The van der Waals surface area contributed by atoms with E-state index in [0.29, 0.717) is 27.0 Å². The van der Waals surface area contributed by atoms with Gasteiger partial charge in [0, 0.05) is 16.8 Å². The van der Waals surface area contributed by atoms with Crippen LogP contribution in [0.2, 0.25) is 10.0 Å². The molecule has 0 spiro atoms. The zero-order valence-corrected chi connectivity index (χ0v) is 11.6. The molecule has 0 unspecified atom stereocenters. The lowest BCUT2D eigenvalue weighted by Crippen LogP contribution is -2.12. The van der Waals surface area contributed by atoms with E-state index < -0.39 is 0 Å². The van der Waals surface area contributed by atoms with Gasteiger partial charge >= 0.3 is 0 Å². The topological polar surface area (TPSA) is 38.3 Å². The Morgan fingerprint density at radius 2 is 1.95 bits per heavy atom. The number of hydrogen-bond acceptors (Lipinski definition) is 2. The van der Waals surface area contributed by atoms with Gasteiger partial charge in [-0.25, -0.2) is 0 Å². The summed E-state index contributed by atoms with van der Waals surface area (Å²) in [6.07, 6.45) is 0. The first-order valence-electron chi connectivity index (χ1n) is 5.50. The molecule has 2 aromatic carbocycles. The molecule has 2 rings (SSSR count). The molecule has 0 aliphatic rings. The molecule has 1 amide bonds. The van der Waals surface area contributed by atoms with E-state index in [2.05, 4.69) is 5.32 Å². The predicted octanol–water partition coefficient (Wildman–Crippen LogP) is 4.25. The lowest BCUT2D eigenvalue weighted by Gasteiger charge is -2.08. The standard InChI is InChI=1S/C14H11Cl2NO2/c1-19-11-4-2-3-10(8-11)17-14(18)12-6-5-9(15)7-13(12)16/h2-8H,1H3,(H,17,18). The third kappa shape index (κ3) is 3.40.